The molecule has 0 fully saturated rings. The fourth-order valence-electron chi connectivity index (χ4n) is 1.82. The van der Waals surface area contributed by atoms with Crippen molar-refractivity contribution < 1.29 is 9.53 Å². The van der Waals surface area contributed by atoms with Crippen LogP contribution in [0.5, 0.6) is 5.75 Å². The van der Waals surface area contributed by atoms with Crippen LogP contribution in [0.1, 0.15) is 36.8 Å². The number of rotatable bonds is 4. The first-order chi connectivity index (χ1) is 9.90. The highest BCUT2D eigenvalue weighted by molar-refractivity contribution is 5.91. The maximum absolute atomic E-state index is 11.3. The number of carbonyl (C=O) groups excluding carboxylic acids is 1. The van der Waals surface area contributed by atoms with Gasteiger partial charge in [0.2, 0.25) is 0 Å². The van der Waals surface area contributed by atoms with Crippen molar-refractivity contribution in [1.82, 2.24) is 15.2 Å². The number of nitrogen functional groups attached to an aromatic ring is 1. The van der Waals surface area contributed by atoms with Crippen molar-refractivity contribution in [3.8, 4) is 5.75 Å². The largest absolute Gasteiger partial charge is 0.471 e. The number of benzene rings is 1. The Bertz CT molecular complexity index is 629. The zero-order chi connectivity index (χ0) is 15.5. The maximum Gasteiger partial charge on any atom is 0.285 e. The SMILES string of the molecule is CC(C)(C)c1cccc(OCn2ccc(C(=O)NN)n2)c1. The second-order valence-corrected chi connectivity index (χ2v) is 5.77. The Morgan fingerprint density at radius 2 is 2.14 bits per heavy atom. The number of aromatic nitrogens is 2. The van der Waals surface area contributed by atoms with Crippen molar-refractivity contribution in [3.05, 3.63) is 47.8 Å². The van der Waals surface area contributed by atoms with Crippen LogP contribution in [0, 0.1) is 0 Å². The van der Waals surface area contributed by atoms with E-state index in [2.05, 4.69) is 31.9 Å². The molecule has 0 saturated heterocycles. The molecular formula is C15H20N4O2. The van der Waals surface area contributed by atoms with Gasteiger partial charge in [0.25, 0.3) is 5.91 Å². The highest BCUT2D eigenvalue weighted by Crippen LogP contribution is 2.25. The Labute approximate surface area is 123 Å². The Morgan fingerprint density at radius 3 is 2.81 bits per heavy atom. The molecule has 21 heavy (non-hydrogen) atoms. The summed E-state index contributed by atoms with van der Waals surface area (Å²) in [4.78, 5) is 11.3. The van der Waals surface area contributed by atoms with Crippen LogP contribution in [0.25, 0.3) is 0 Å². The van der Waals surface area contributed by atoms with Crippen molar-refractivity contribution in [1.29, 1.82) is 0 Å². The van der Waals surface area contributed by atoms with Crippen molar-refractivity contribution in [2.24, 2.45) is 5.84 Å². The van der Waals surface area contributed by atoms with Gasteiger partial charge in [-0.15, -0.1) is 0 Å². The molecule has 3 N–H and O–H groups in total. The molecule has 1 aromatic carbocycles. The maximum atomic E-state index is 11.3. The zero-order valence-corrected chi connectivity index (χ0v) is 12.5. The zero-order valence-electron chi connectivity index (χ0n) is 12.5. The minimum atomic E-state index is -0.427. The lowest BCUT2D eigenvalue weighted by atomic mass is 9.87. The molecule has 0 aliphatic rings. The summed E-state index contributed by atoms with van der Waals surface area (Å²) >= 11 is 0. The Hall–Kier alpha value is -2.34. The van der Waals surface area contributed by atoms with Gasteiger partial charge in [-0.3, -0.25) is 10.2 Å². The number of amides is 1. The summed E-state index contributed by atoms with van der Waals surface area (Å²) in [6.45, 7) is 6.68. The molecule has 6 nitrogen and oxygen atoms in total. The Kier molecular flexibility index (Phi) is 4.28. The molecule has 1 amide bonds. The van der Waals surface area contributed by atoms with E-state index in [9.17, 15) is 4.79 Å². The van der Waals surface area contributed by atoms with E-state index in [1.54, 1.807) is 12.3 Å². The van der Waals surface area contributed by atoms with Gasteiger partial charge in [0.1, 0.15) is 5.75 Å². The van der Waals surface area contributed by atoms with Crippen LogP contribution in [0.4, 0.5) is 0 Å². The standard InChI is InChI=1S/C15H20N4O2/c1-15(2,3)11-5-4-6-12(9-11)21-10-19-8-7-13(18-19)14(20)17-16/h4-9H,10,16H2,1-3H3,(H,17,20). The molecule has 1 aromatic heterocycles. The lowest BCUT2D eigenvalue weighted by Gasteiger charge is -2.19. The molecule has 0 aliphatic carbocycles. The molecule has 0 radical (unpaired) electrons. The molecule has 112 valence electrons. The molecule has 0 saturated carbocycles. The van der Waals surface area contributed by atoms with Gasteiger partial charge in [-0.05, 0) is 29.2 Å². The van der Waals surface area contributed by atoms with E-state index < -0.39 is 5.91 Å². The number of hydrazine groups is 1. The van der Waals surface area contributed by atoms with Crippen LogP contribution in [-0.2, 0) is 12.1 Å². The van der Waals surface area contributed by atoms with Crippen LogP contribution in [0.2, 0.25) is 0 Å². The van der Waals surface area contributed by atoms with Gasteiger partial charge >= 0.3 is 0 Å². The summed E-state index contributed by atoms with van der Waals surface area (Å²) in [5.74, 6) is 5.39. The van der Waals surface area contributed by atoms with Gasteiger partial charge < -0.3 is 4.74 Å². The smallest absolute Gasteiger partial charge is 0.285 e. The average Bonchev–Trinajstić information content (AvgIpc) is 2.92. The van der Waals surface area contributed by atoms with E-state index in [-0.39, 0.29) is 17.8 Å². The molecule has 6 heteroatoms. The molecule has 0 spiro atoms. The van der Waals surface area contributed by atoms with Crippen LogP contribution in [0.15, 0.2) is 36.5 Å². The molecule has 2 rings (SSSR count). The third-order valence-corrected chi connectivity index (χ3v) is 3.07. The quantitative estimate of drug-likeness (QED) is 0.511. The predicted octanol–water partition coefficient (Wildman–Crippen LogP) is 1.82. The Morgan fingerprint density at radius 1 is 1.38 bits per heavy atom. The van der Waals surface area contributed by atoms with Crippen LogP contribution >= 0.6 is 0 Å². The van der Waals surface area contributed by atoms with Gasteiger partial charge in [0.05, 0.1) is 0 Å². The number of carbonyl (C=O) groups is 1. The highest BCUT2D eigenvalue weighted by atomic mass is 16.5. The number of nitrogens with two attached hydrogens (primary N) is 1. The van der Waals surface area contributed by atoms with E-state index >= 15 is 0 Å². The van der Waals surface area contributed by atoms with E-state index in [1.165, 1.54) is 10.2 Å². The summed E-state index contributed by atoms with van der Waals surface area (Å²) in [6.07, 6.45) is 1.66. The van der Waals surface area contributed by atoms with Crippen LogP contribution < -0.4 is 16.0 Å². The summed E-state index contributed by atoms with van der Waals surface area (Å²) < 4.78 is 7.23. The van der Waals surface area contributed by atoms with E-state index in [4.69, 9.17) is 10.6 Å². The fourth-order valence-corrected chi connectivity index (χ4v) is 1.82. The molecule has 0 bridgehead atoms. The van der Waals surface area contributed by atoms with E-state index in [0.29, 0.717) is 0 Å². The first-order valence-corrected chi connectivity index (χ1v) is 6.68. The molecule has 0 unspecified atom stereocenters. The third-order valence-electron chi connectivity index (χ3n) is 3.07. The highest BCUT2D eigenvalue weighted by Gasteiger charge is 2.14. The molecular weight excluding hydrogens is 268 g/mol. The fraction of sp³-hybridized carbons (Fsp3) is 0.333. The van der Waals surface area contributed by atoms with Gasteiger partial charge in [-0.25, -0.2) is 10.5 Å². The normalized spacial score (nSPS) is 11.2. The first kappa shape index (κ1) is 15.1. The topological polar surface area (TPSA) is 82.2 Å². The molecule has 0 atom stereocenters. The predicted molar refractivity (Wildman–Crippen MR) is 79.7 cm³/mol. The number of nitrogens with one attached hydrogen (secondary N) is 1. The summed E-state index contributed by atoms with van der Waals surface area (Å²) in [5.41, 5.74) is 3.56. The number of hydrogen-bond acceptors (Lipinski definition) is 4. The van der Waals surface area contributed by atoms with Gasteiger partial charge in [0, 0.05) is 6.20 Å². The van der Waals surface area contributed by atoms with Crippen molar-refractivity contribution >= 4 is 5.91 Å². The van der Waals surface area contributed by atoms with E-state index in [0.717, 1.165) is 5.75 Å². The van der Waals surface area contributed by atoms with Gasteiger partial charge in [-0.1, -0.05) is 32.9 Å². The molecule has 2 aromatic rings. The summed E-state index contributed by atoms with van der Waals surface area (Å²) in [6, 6.07) is 9.52. The second-order valence-electron chi connectivity index (χ2n) is 5.77. The third kappa shape index (κ3) is 3.82. The summed E-state index contributed by atoms with van der Waals surface area (Å²) in [7, 11) is 0. The number of nitrogens with zero attached hydrogens (tertiary/aromatic N) is 2. The second kappa shape index (κ2) is 5.97. The first-order valence-electron chi connectivity index (χ1n) is 6.68. The van der Waals surface area contributed by atoms with Crippen LogP contribution in [0.3, 0.4) is 0 Å². The monoisotopic (exact) mass is 288 g/mol. The minimum absolute atomic E-state index is 0.0669. The van der Waals surface area contributed by atoms with Gasteiger partial charge in [0.15, 0.2) is 12.4 Å². The average molecular weight is 288 g/mol. The number of hydrogen-bond donors (Lipinski definition) is 2. The van der Waals surface area contributed by atoms with E-state index in [1.807, 2.05) is 23.6 Å². The van der Waals surface area contributed by atoms with Crippen molar-refractivity contribution in [3.63, 3.8) is 0 Å². The van der Waals surface area contributed by atoms with Crippen molar-refractivity contribution in [2.45, 2.75) is 32.9 Å². The lowest BCUT2D eigenvalue weighted by molar-refractivity contribution is 0.0946. The minimum Gasteiger partial charge on any atom is -0.471 e. The van der Waals surface area contributed by atoms with Crippen molar-refractivity contribution in [2.75, 3.05) is 0 Å². The number of ether oxygens (including phenoxy) is 1. The molecule has 1 heterocycles. The summed E-state index contributed by atoms with van der Waals surface area (Å²) in [5, 5.41) is 4.07. The lowest BCUT2D eigenvalue weighted by Crippen LogP contribution is -2.30. The van der Waals surface area contributed by atoms with Gasteiger partial charge in [-0.2, -0.15) is 5.10 Å². The molecule has 0 aliphatic heterocycles. The Balaban J connectivity index is 2.03. The van der Waals surface area contributed by atoms with Crippen LogP contribution in [-0.4, -0.2) is 15.7 Å².